The van der Waals surface area contributed by atoms with E-state index in [2.05, 4.69) is 38.4 Å². The molecule has 6 heteroatoms. The first-order valence-corrected chi connectivity index (χ1v) is 5.94. The molecular weight excluding hydrogens is 300 g/mol. The van der Waals surface area contributed by atoms with Gasteiger partial charge in [0.25, 0.3) is 0 Å². The predicted octanol–water partition coefficient (Wildman–Crippen LogP) is 0.962. The number of aromatic hydroxyl groups is 1. The van der Waals surface area contributed by atoms with Crippen LogP contribution in [0.2, 0.25) is 0 Å². The average Bonchev–Trinajstić information content (AvgIpc) is 2.32. The Bertz CT molecular complexity index is 574. The number of hydrogen-bond acceptors (Lipinski definition) is 3. The van der Waals surface area contributed by atoms with Crippen LogP contribution in [0.15, 0.2) is 22.7 Å². The number of phenolic OH excluding ortho intramolecular Hbond substituents is 1. The lowest BCUT2D eigenvalue weighted by Gasteiger charge is -2.17. The van der Waals surface area contributed by atoms with Crippen molar-refractivity contribution in [3.63, 3.8) is 0 Å². The van der Waals surface area contributed by atoms with E-state index in [9.17, 15) is 14.7 Å². The van der Waals surface area contributed by atoms with Gasteiger partial charge in [-0.3, -0.25) is 10.1 Å². The quantitative estimate of drug-likeness (QED) is 0.625. The van der Waals surface area contributed by atoms with Gasteiger partial charge in [-0.15, -0.1) is 0 Å². The number of hydrogen-bond donors (Lipinski definition) is 3. The zero-order valence-electron chi connectivity index (χ0n) is 9.16. The molecule has 1 heterocycles. The summed E-state index contributed by atoms with van der Waals surface area (Å²) < 4.78 is 0.783. The first kappa shape index (κ1) is 12.5. The van der Waals surface area contributed by atoms with Gasteiger partial charge in [0.1, 0.15) is 11.7 Å². The molecule has 2 rings (SSSR count). The molecular formula is C12H9BrN2O3. The highest BCUT2D eigenvalue weighted by molar-refractivity contribution is 9.10. The number of rotatable bonds is 0. The highest BCUT2D eigenvalue weighted by atomic mass is 79.9. The third-order valence-corrected chi connectivity index (χ3v) is 2.85. The largest absolute Gasteiger partial charge is 0.507 e. The zero-order valence-corrected chi connectivity index (χ0v) is 10.7. The summed E-state index contributed by atoms with van der Waals surface area (Å²) >= 11 is 3.27. The molecule has 1 aliphatic rings. The van der Waals surface area contributed by atoms with Crippen molar-refractivity contribution in [1.82, 2.24) is 10.6 Å². The number of urea groups is 1. The Balaban J connectivity index is 2.19. The van der Waals surface area contributed by atoms with Crippen LogP contribution in [0.5, 0.6) is 5.75 Å². The summed E-state index contributed by atoms with van der Waals surface area (Å²) in [6.07, 6.45) is 0. The van der Waals surface area contributed by atoms with E-state index in [1.807, 2.05) is 0 Å². The van der Waals surface area contributed by atoms with Gasteiger partial charge in [-0.25, -0.2) is 4.79 Å². The minimum absolute atomic E-state index is 0.0472. The summed E-state index contributed by atoms with van der Waals surface area (Å²) in [4.78, 5) is 22.3. The van der Waals surface area contributed by atoms with Gasteiger partial charge in [0.2, 0.25) is 5.91 Å². The molecule has 1 atom stereocenters. The van der Waals surface area contributed by atoms with Crippen LogP contribution >= 0.6 is 15.9 Å². The maximum absolute atomic E-state index is 11.4. The molecule has 1 saturated heterocycles. The number of carbonyl (C=O) groups is 2. The Morgan fingerprint density at radius 1 is 1.39 bits per heavy atom. The first-order valence-electron chi connectivity index (χ1n) is 5.15. The van der Waals surface area contributed by atoms with E-state index in [1.165, 1.54) is 6.07 Å². The number of carbonyl (C=O) groups excluding carboxylic acids is 2. The fourth-order valence-corrected chi connectivity index (χ4v) is 1.78. The van der Waals surface area contributed by atoms with Gasteiger partial charge in [0.15, 0.2) is 0 Å². The molecule has 0 saturated carbocycles. The molecule has 0 aliphatic carbocycles. The zero-order chi connectivity index (χ0) is 13.1. The monoisotopic (exact) mass is 308 g/mol. The topological polar surface area (TPSA) is 78.4 Å². The number of benzene rings is 1. The lowest BCUT2D eigenvalue weighted by atomic mass is 10.1. The maximum atomic E-state index is 11.4. The van der Waals surface area contributed by atoms with Crippen molar-refractivity contribution in [3.8, 4) is 17.6 Å². The molecule has 1 aromatic carbocycles. The van der Waals surface area contributed by atoms with Crippen molar-refractivity contribution in [2.24, 2.45) is 5.92 Å². The Morgan fingerprint density at radius 3 is 2.89 bits per heavy atom. The number of halogens is 1. The molecule has 5 nitrogen and oxygen atoms in total. The van der Waals surface area contributed by atoms with Crippen LogP contribution in [0.4, 0.5) is 4.79 Å². The Labute approximate surface area is 112 Å². The Kier molecular flexibility index (Phi) is 3.53. The average molecular weight is 309 g/mol. The molecule has 1 aromatic rings. The fourth-order valence-electron chi connectivity index (χ4n) is 1.42. The minimum Gasteiger partial charge on any atom is -0.507 e. The van der Waals surface area contributed by atoms with Crippen LogP contribution in [-0.4, -0.2) is 23.6 Å². The van der Waals surface area contributed by atoms with Crippen LogP contribution in [0.25, 0.3) is 0 Å². The molecule has 92 valence electrons. The van der Waals surface area contributed by atoms with Crippen molar-refractivity contribution in [2.45, 2.75) is 0 Å². The SMILES string of the molecule is O=C1NCC(C#Cc2cc(Br)ccc2O)C(=O)N1. The van der Waals surface area contributed by atoms with Crippen LogP contribution in [0, 0.1) is 17.8 Å². The second-order valence-electron chi connectivity index (χ2n) is 3.68. The maximum Gasteiger partial charge on any atom is 0.321 e. The fraction of sp³-hybridized carbons (Fsp3) is 0.167. The first-order chi connectivity index (χ1) is 8.56. The molecule has 1 fully saturated rings. The van der Waals surface area contributed by atoms with Gasteiger partial charge < -0.3 is 10.4 Å². The van der Waals surface area contributed by atoms with E-state index in [1.54, 1.807) is 12.1 Å². The summed E-state index contributed by atoms with van der Waals surface area (Å²) in [5, 5.41) is 14.2. The van der Waals surface area contributed by atoms with E-state index in [-0.39, 0.29) is 12.3 Å². The molecule has 0 bridgehead atoms. The van der Waals surface area contributed by atoms with E-state index in [0.29, 0.717) is 5.56 Å². The molecule has 0 spiro atoms. The third kappa shape index (κ3) is 2.81. The molecule has 1 unspecified atom stereocenters. The summed E-state index contributed by atoms with van der Waals surface area (Å²) in [7, 11) is 0. The van der Waals surface area contributed by atoms with Gasteiger partial charge in [0, 0.05) is 11.0 Å². The highest BCUT2D eigenvalue weighted by Crippen LogP contribution is 2.20. The van der Waals surface area contributed by atoms with Crippen LogP contribution in [-0.2, 0) is 4.79 Å². The molecule has 0 aromatic heterocycles. The van der Waals surface area contributed by atoms with Crippen LogP contribution in [0.1, 0.15) is 5.56 Å². The molecule has 3 amide bonds. The lowest BCUT2D eigenvalue weighted by Crippen LogP contribution is -2.51. The smallest absolute Gasteiger partial charge is 0.321 e. The number of imide groups is 1. The van der Waals surface area contributed by atoms with Gasteiger partial charge in [-0.2, -0.15) is 0 Å². The van der Waals surface area contributed by atoms with Crippen molar-refractivity contribution >= 4 is 27.9 Å². The number of nitrogens with one attached hydrogen (secondary N) is 2. The summed E-state index contributed by atoms with van der Waals surface area (Å²) in [6.45, 7) is 0.173. The van der Waals surface area contributed by atoms with Gasteiger partial charge >= 0.3 is 6.03 Å². The third-order valence-electron chi connectivity index (χ3n) is 2.36. The second-order valence-corrected chi connectivity index (χ2v) is 4.60. The molecule has 18 heavy (non-hydrogen) atoms. The van der Waals surface area contributed by atoms with E-state index in [4.69, 9.17) is 0 Å². The molecule has 0 radical (unpaired) electrons. The lowest BCUT2D eigenvalue weighted by molar-refractivity contribution is -0.122. The summed E-state index contributed by atoms with van der Waals surface area (Å²) in [5.41, 5.74) is 0.425. The standard InChI is InChI=1S/C12H9BrN2O3/c13-9-3-4-10(16)7(5-9)1-2-8-6-14-12(18)15-11(8)17/h3-5,8,16H,6H2,(H2,14,15,17,18). The predicted molar refractivity (Wildman–Crippen MR) is 67.7 cm³/mol. The van der Waals surface area contributed by atoms with E-state index >= 15 is 0 Å². The molecule has 1 aliphatic heterocycles. The van der Waals surface area contributed by atoms with Crippen molar-refractivity contribution < 1.29 is 14.7 Å². The van der Waals surface area contributed by atoms with Crippen molar-refractivity contribution in [3.05, 3.63) is 28.2 Å². The van der Waals surface area contributed by atoms with Gasteiger partial charge in [0.05, 0.1) is 5.56 Å². The normalized spacial score (nSPS) is 18.4. The van der Waals surface area contributed by atoms with Crippen molar-refractivity contribution in [2.75, 3.05) is 6.54 Å². The van der Waals surface area contributed by atoms with Crippen LogP contribution in [0.3, 0.4) is 0 Å². The van der Waals surface area contributed by atoms with E-state index in [0.717, 1.165) is 4.47 Å². The highest BCUT2D eigenvalue weighted by Gasteiger charge is 2.24. The van der Waals surface area contributed by atoms with Gasteiger partial charge in [-0.1, -0.05) is 27.8 Å². The molecule has 3 N–H and O–H groups in total. The van der Waals surface area contributed by atoms with E-state index < -0.39 is 17.9 Å². The Hall–Kier alpha value is -2.00. The van der Waals surface area contributed by atoms with Gasteiger partial charge in [-0.05, 0) is 18.2 Å². The van der Waals surface area contributed by atoms with Crippen LogP contribution < -0.4 is 10.6 Å². The number of phenols is 1. The van der Waals surface area contributed by atoms with Crippen molar-refractivity contribution in [1.29, 1.82) is 0 Å². The summed E-state index contributed by atoms with van der Waals surface area (Å²) in [6, 6.07) is 4.34. The number of amides is 3. The Morgan fingerprint density at radius 2 is 2.17 bits per heavy atom. The minimum atomic E-state index is -0.610. The summed E-state index contributed by atoms with van der Waals surface area (Å²) in [5.74, 6) is 4.45. The second kappa shape index (κ2) is 5.10.